The maximum Gasteiger partial charge on any atom is 0.237 e. The van der Waals surface area contributed by atoms with Gasteiger partial charge in [0.2, 0.25) is 5.91 Å². The summed E-state index contributed by atoms with van der Waals surface area (Å²) < 4.78 is 1.81. The minimum atomic E-state index is -0.306. The zero-order valence-corrected chi connectivity index (χ0v) is 13.5. The molecule has 0 saturated heterocycles. The van der Waals surface area contributed by atoms with Gasteiger partial charge in [0, 0.05) is 26.8 Å². The minimum absolute atomic E-state index is 0.0331. The van der Waals surface area contributed by atoms with Crippen LogP contribution in [0.1, 0.15) is 21.6 Å². The van der Waals surface area contributed by atoms with E-state index >= 15 is 0 Å². The van der Waals surface area contributed by atoms with Crippen LogP contribution in [0.2, 0.25) is 0 Å². The van der Waals surface area contributed by atoms with Crippen LogP contribution in [-0.2, 0) is 24.8 Å². The molecule has 2 aromatic rings. The average molecular weight is 311 g/mol. The first-order valence-corrected chi connectivity index (χ1v) is 7.77. The fourth-order valence-corrected chi connectivity index (χ4v) is 3.18. The molecule has 1 aromatic carbocycles. The van der Waals surface area contributed by atoms with Gasteiger partial charge in [-0.2, -0.15) is 0 Å². The van der Waals surface area contributed by atoms with Crippen molar-refractivity contribution >= 4 is 11.7 Å². The quantitative estimate of drug-likeness (QED) is 0.868. The van der Waals surface area contributed by atoms with Crippen LogP contribution in [0.15, 0.2) is 42.6 Å². The molecule has 1 amide bonds. The number of amides is 1. The predicted molar refractivity (Wildman–Crippen MR) is 88.2 cm³/mol. The number of nitrogens with zero attached hydrogens (tertiary/aromatic N) is 2. The van der Waals surface area contributed by atoms with Crippen molar-refractivity contribution in [2.24, 2.45) is 7.05 Å². The number of fused-ring (bicyclic) bond motifs is 1. The number of hydrogen-bond donors (Lipinski definition) is 1. The predicted octanol–water partition coefficient (Wildman–Crippen LogP) is 1.38. The summed E-state index contributed by atoms with van der Waals surface area (Å²) in [5.41, 5.74) is 3.04. The summed E-state index contributed by atoms with van der Waals surface area (Å²) >= 11 is 0. The van der Waals surface area contributed by atoms with E-state index in [2.05, 4.69) is 17.4 Å². The molecule has 0 unspecified atom stereocenters. The molecular weight excluding hydrogens is 290 g/mol. The lowest BCUT2D eigenvalue weighted by Gasteiger charge is -2.35. The highest BCUT2D eigenvalue weighted by Gasteiger charge is 2.32. The Kier molecular flexibility index (Phi) is 4.30. The van der Waals surface area contributed by atoms with E-state index in [9.17, 15) is 9.59 Å². The summed E-state index contributed by atoms with van der Waals surface area (Å²) in [5, 5.41) is 2.72. The Morgan fingerprint density at radius 1 is 1.17 bits per heavy atom. The van der Waals surface area contributed by atoms with Crippen molar-refractivity contribution < 1.29 is 9.59 Å². The van der Waals surface area contributed by atoms with E-state index < -0.39 is 0 Å². The van der Waals surface area contributed by atoms with Crippen LogP contribution in [0, 0.1) is 0 Å². The summed E-state index contributed by atoms with van der Waals surface area (Å²) in [6.45, 7) is 0.856. The van der Waals surface area contributed by atoms with Gasteiger partial charge in [-0.05, 0) is 29.7 Å². The molecule has 0 fully saturated rings. The van der Waals surface area contributed by atoms with Gasteiger partial charge in [-0.15, -0.1) is 0 Å². The molecule has 3 rings (SSSR count). The summed E-state index contributed by atoms with van der Waals surface area (Å²) in [7, 11) is 3.50. The van der Waals surface area contributed by atoms with Crippen molar-refractivity contribution in [2.75, 3.05) is 13.6 Å². The smallest absolute Gasteiger partial charge is 0.237 e. The molecule has 1 aliphatic rings. The minimum Gasteiger partial charge on any atom is -0.358 e. The van der Waals surface area contributed by atoms with Gasteiger partial charge < -0.3 is 9.88 Å². The Bertz CT molecular complexity index is 735. The molecule has 1 aliphatic heterocycles. The van der Waals surface area contributed by atoms with Crippen molar-refractivity contribution in [3.8, 4) is 0 Å². The lowest BCUT2D eigenvalue weighted by atomic mass is 9.93. The summed E-state index contributed by atoms with van der Waals surface area (Å²) in [6.07, 6.45) is 2.49. The Morgan fingerprint density at radius 2 is 1.91 bits per heavy atom. The van der Waals surface area contributed by atoms with Gasteiger partial charge in [-0.25, -0.2) is 0 Å². The Morgan fingerprint density at radius 3 is 2.57 bits per heavy atom. The molecule has 0 spiro atoms. The van der Waals surface area contributed by atoms with Crippen molar-refractivity contribution in [2.45, 2.75) is 19.0 Å². The molecule has 2 heterocycles. The van der Waals surface area contributed by atoms with Crippen LogP contribution < -0.4 is 5.32 Å². The Hall–Kier alpha value is -2.40. The van der Waals surface area contributed by atoms with E-state index in [1.54, 1.807) is 7.05 Å². The first-order chi connectivity index (χ1) is 11.1. The second-order valence-electron chi connectivity index (χ2n) is 5.94. The summed E-state index contributed by atoms with van der Waals surface area (Å²) in [5.74, 6) is -0.00929. The second kappa shape index (κ2) is 6.38. The first-order valence-electron chi connectivity index (χ1n) is 7.77. The second-order valence-corrected chi connectivity index (χ2v) is 5.94. The van der Waals surface area contributed by atoms with Crippen LogP contribution >= 0.6 is 0 Å². The molecule has 1 aromatic heterocycles. The van der Waals surface area contributed by atoms with Gasteiger partial charge >= 0.3 is 0 Å². The third kappa shape index (κ3) is 3.05. The number of aromatic nitrogens is 1. The lowest BCUT2D eigenvalue weighted by Crippen LogP contribution is -2.51. The van der Waals surface area contributed by atoms with Crippen LogP contribution in [0.3, 0.4) is 0 Å². The SMILES string of the molecule is CNC(=O)[C@@H]1Cc2ccccc2CN1CC(=O)c1cccn1C. The number of carbonyl (C=O) groups is 2. The number of ketones is 1. The van der Waals surface area contributed by atoms with Crippen LogP contribution in [0.25, 0.3) is 0 Å². The molecule has 5 nitrogen and oxygen atoms in total. The number of rotatable bonds is 4. The van der Waals surface area contributed by atoms with Crippen molar-refractivity contribution in [3.63, 3.8) is 0 Å². The van der Waals surface area contributed by atoms with Gasteiger partial charge in [-0.1, -0.05) is 24.3 Å². The molecule has 0 bridgehead atoms. The maximum absolute atomic E-state index is 12.6. The summed E-state index contributed by atoms with van der Waals surface area (Å²) in [6, 6.07) is 11.5. The normalized spacial score (nSPS) is 17.6. The molecular formula is C18H21N3O2. The summed E-state index contributed by atoms with van der Waals surface area (Å²) in [4.78, 5) is 26.8. The number of nitrogens with one attached hydrogen (secondary N) is 1. The van der Waals surface area contributed by atoms with Crippen molar-refractivity contribution in [1.29, 1.82) is 0 Å². The molecule has 0 aliphatic carbocycles. The lowest BCUT2D eigenvalue weighted by molar-refractivity contribution is -0.126. The monoisotopic (exact) mass is 311 g/mol. The zero-order chi connectivity index (χ0) is 16.4. The number of Topliss-reactive ketones (excluding diaryl/α,β-unsaturated/α-hetero) is 1. The molecule has 1 N–H and O–H groups in total. The van der Waals surface area contributed by atoms with Crippen LogP contribution in [0.4, 0.5) is 0 Å². The van der Waals surface area contributed by atoms with Crippen molar-refractivity contribution in [3.05, 3.63) is 59.4 Å². The van der Waals surface area contributed by atoms with Gasteiger partial charge in [0.1, 0.15) is 0 Å². The van der Waals surface area contributed by atoms with Crippen LogP contribution in [-0.4, -0.2) is 40.8 Å². The first kappa shape index (κ1) is 15.5. The highest BCUT2D eigenvalue weighted by Crippen LogP contribution is 2.23. The molecule has 1 atom stereocenters. The van der Waals surface area contributed by atoms with E-state index in [0.717, 1.165) is 0 Å². The number of hydrogen-bond acceptors (Lipinski definition) is 3. The molecule has 120 valence electrons. The molecule has 0 saturated carbocycles. The third-order valence-electron chi connectivity index (χ3n) is 4.47. The van der Waals surface area contributed by atoms with E-state index in [4.69, 9.17) is 0 Å². The highest BCUT2D eigenvalue weighted by molar-refractivity contribution is 5.96. The number of benzene rings is 1. The average Bonchev–Trinajstić information content (AvgIpc) is 2.99. The third-order valence-corrected chi connectivity index (χ3v) is 4.47. The van der Waals surface area contributed by atoms with Gasteiger partial charge in [0.05, 0.1) is 18.3 Å². The van der Waals surface area contributed by atoms with Gasteiger partial charge in [0.15, 0.2) is 5.78 Å². The number of aryl methyl sites for hydroxylation is 1. The highest BCUT2D eigenvalue weighted by atomic mass is 16.2. The fourth-order valence-electron chi connectivity index (χ4n) is 3.18. The van der Waals surface area contributed by atoms with E-state index in [0.29, 0.717) is 18.7 Å². The Balaban J connectivity index is 1.85. The van der Waals surface area contributed by atoms with E-state index in [1.807, 2.05) is 47.0 Å². The number of carbonyl (C=O) groups excluding carboxylic acids is 2. The van der Waals surface area contributed by atoms with Gasteiger partial charge in [-0.3, -0.25) is 14.5 Å². The standard InChI is InChI=1S/C18H21N3O2/c1-19-18(23)16-10-13-6-3-4-7-14(13)11-21(16)12-17(22)15-8-5-9-20(15)2/h3-9,16H,10-12H2,1-2H3,(H,19,23)/t16-/m0/s1. The van der Waals surface area contributed by atoms with Crippen LogP contribution in [0.5, 0.6) is 0 Å². The number of likely N-dealkylation sites (N-methyl/N-ethyl adjacent to an activating group) is 1. The van der Waals surface area contributed by atoms with Gasteiger partial charge in [0.25, 0.3) is 0 Å². The molecule has 23 heavy (non-hydrogen) atoms. The zero-order valence-electron chi connectivity index (χ0n) is 13.5. The topological polar surface area (TPSA) is 54.3 Å². The fraction of sp³-hybridized carbons (Fsp3) is 0.333. The maximum atomic E-state index is 12.6. The largest absolute Gasteiger partial charge is 0.358 e. The Labute approximate surface area is 135 Å². The van der Waals surface area contributed by atoms with E-state index in [1.165, 1.54) is 11.1 Å². The molecule has 0 radical (unpaired) electrons. The molecule has 5 heteroatoms. The van der Waals surface area contributed by atoms with E-state index in [-0.39, 0.29) is 24.3 Å². The van der Waals surface area contributed by atoms with Crippen molar-refractivity contribution in [1.82, 2.24) is 14.8 Å².